The largest absolute Gasteiger partial charge is 0.379 e. The van der Waals surface area contributed by atoms with Gasteiger partial charge in [-0.1, -0.05) is 25.4 Å². The summed E-state index contributed by atoms with van der Waals surface area (Å²) in [5.41, 5.74) is 2.50. The molecule has 7 heteroatoms. The summed E-state index contributed by atoms with van der Waals surface area (Å²) in [6.07, 6.45) is 6.67. The van der Waals surface area contributed by atoms with Gasteiger partial charge in [-0.25, -0.2) is 0 Å². The first-order chi connectivity index (χ1) is 15.1. The Bertz CT molecular complexity index is 899. The summed E-state index contributed by atoms with van der Waals surface area (Å²) in [5.74, 6) is 2.69. The van der Waals surface area contributed by atoms with Crippen molar-refractivity contribution >= 4 is 11.6 Å². The number of hydrogen-bond acceptors (Lipinski definition) is 5. The van der Waals surface area contributed by atoms with Crippen molar-refractivity contribution in [3.8, 4) is 5.69 Å². The number of fused-ring (bicyclic) bond motifs is 3. The standard InChI is InChI=1S/C24H34ClN5O/c1-16(2)26-20-14-18-13-19(25)5-8-22(18)30-23(15-20)27-28-24(30)17-3-6-21(7-4-17)29-9-11-31-12-10-29/h5,8,13,16-17,20-21,26H,3-4,6-7,9-12,14-15H2,1-2H3/t17-,20?,21-. The zero-order valence-electron chi connectivity index (χ0n) is 18.7. The van der Waals surface area contributed by atoms with Crippen LogP contribution < -0.4 is 5.32 Å². The Balaban J connectivity index is 1.41. The number of benzene rings is 1. The molecule has 1 saturated heterocycles. The fraction of sp³-hybridized carbons (Fsp3) is 0.667. The fourth-order valence-electron chi connectivity index (χ4n) is 5.71. The van der Waals surface area contributed by atoms with Crippen LogP contribution >= 0.6 is 11.6 Å². The van der Waals surface area contributed by atoms with E-state index >= 15 is 0 Å². The lowest BCUT2D eigenvalue weighted by Gasteiger charge is -2.38. The van der Waals surface area contributed by atoms with Gasteiger partial charge in [0, 0.05) is 48.6 Å². The molecule has 3 aliphatic rings. The predicted octanol–water partition coefficient (Wildman–Crippen LogP) is 3.74. The summed E-state index contributed by atoms with van der Waals surface area (Å²) in [6.45, 7) is 8.31. The molecule has 1 aromatic carbocycles. The molecule has 6 nitrogen and oxygen atoms in total. The summed E-state index contributed by atoms with van der Waals surface area (Å²) in [5, 5.41) is 14.0. The fourth-order valence-corrected chi connectivity index (χ4v) is 5.91. The Morgan fingerprint density at radius 3 is 2.58 bits per heavy atom. The van der Waals surface area contributed by atoms with Crippen molar-refractivity contribution in [1.82, 2.24) is 25.0 Å². The zero-order valence-corrected chi connectivity index (χ0v) is 19.4. The summed E-state index contributed by atoms with van der Waals surface area (Å²) in [6, 6.07) is 7.74. The predicted molar refractivity (Wildman–Crippen MR) is 123 cm³/mol. The Hall–Kier alpha value is -1.47. The van der Waals surface area contributed by atoms with Gasteiger partial charge < -0.3 is 10.1 Å². The highest BCUT2D eigenvalue weighted by molar-refractivity contribution is 6.30. The normalized spacial score (nSPS) is 27.0. The van der Waals surface area contributed by atoms with E-state index in [1.807, 2.05) is 6.07 Å². The minimum Gasteiger partial charge on any atom is -0.379 e. The van der Waals surface area contributed by atoms with Crippen LogP contribution in [0.15, 0.2) is 18.2 Å². The topological polar surface area (TPSA) is 55.2 Å². The molecule has 2 aliphatic heterocycles. The number of nitrogens with zero attached hydrogens (tertiary/aromatic N) is 4. The molecule has 1 unspecified atom stereocenters. The average Bonchev–Trinajstić information content (AvgIpc) is 3.11. The molecular weight excluding hydrogens is 410 g/mol. The van der Waals surface area contributed by atoms with E-state index in [2.05, 4.69) is 40.8 Å². The third-order valence-electron chi connectivity index (χ3n) is 7.13. The molecule has 0 bridgehead atoms. The highest BCUT2D eigenvalue weighted by Gasteiger charge is 2.33. The summed E-state index contributed by atoms with van der Waals surface area (Å²) in [7, 11) is 0. The molecule has 1 N–H and O–H groups in total. The lowest BCUT2D eigenvalue weighted by molar-refractivity contribution is 0.00707. The van der Waals surface area contributed by atoms with Gasteiger partial charge in [-0.05, 0) is 55.9 Å². The van der Waals surface area contributed by atoms with Gasteiger partial charge in [-0.15, -0.1) is 10.2 Å². The number of ether oxygens (including phenoxy) is 1. The summed E-state index contributed by atoms with van der Waals surface area (Å²) in [4.78, 5) is 2.63. The van der Waals surface area contributed by atoms with Crippen LogP contribution in [0, 0.1) is 0 Å². The van der Waals surface area contributed by atoms with E-state index in [-0.39, 0.29) is 0 Å². The van der Waals surface area contributed by atoms with Crippen molar-refractivity contribution in [2.45, 2.75) is 76.4 Å². The maximum absolute atomic E-state index is 6.39. The molecule has 168 valence electrons. The number of halogens is 1. The zero-order chi connectivity index (χ0) is 21.4. The molecule has 1 aromatic heterocycles. The molecular formula is C24H34ClN5O. The molecule has 0 radical (unpaired) electrons. The first-order valence-electron chi connectivity index (χ1n) is 11.9. The smallest absolute Gasteiger partial charge is 0.140 e. The number of nitrogens with one attached hydrogen (secondary N) is 1. The van der Waals surface area contributed by atoms with Gasteiger partial charge in [-0.3, -0.25) is 9.47 Å². The molecule has 1 saturated carbocycles. The molecule has 1 aliphatic carbocycles. The molecule has 2 aromatic rings. The first kappa shape index (κ1) is 21.4. The van der Waals surface area contributed by atoms with Crippen LogP contribution in [0.1, 0.15) is 62.7 Å². The van der Waals surface area contributed by atoms with Gasteiger partial charge in [0.25, 0.3) is 0 Å². The van der Waals surface area contributed by atoms with E-state index in [0.29, 0.717) is 24.0 Å². The van der Waals surface area contributed by atoms with Gasteiger partial charge in [0.2, 0.25) is 0 Å². The van der Waals surface area contributed by atoms with Crippen LogP contribution in [0.25, 0.3) is 5.69 Å². The molecule has 0 spiro atoms. The summed E-state index contributed by atoms with van der Waals surface area (Å²) >= 11 is 6.39. The van der Waals surface area contributed by atoms with Crippen LogP contribution in [0.3, 0.4) is 0 Å². The van der Waals surface area contributed by atoms with E-state index in [9.17, 15) is 0 Å². The second-order valence-corrected chi connectivity index (χ2v) is 10.1. The van der Waals surface area contributed by atoms with Crippen LogP contribution in [0.4, 0.5) is 0 Å². The quantitative estimate of drug-likeness (QED) is 0.780. The molecule has 3 heterocycles. The number of aromatic nitrogens is 3. The van der Waals surface area contributed by atoms with Crippen molar-refractivity contribution < 1.29 is 4.74 Å². The van der Waals surface area contributed by atoms with Gasteiger partial charge in [0.05, 0.1) is 18.9 Å². The number of hydrogen-bond donors (Lipinski definition) is 1. The van der Waals surface area contributed by atoms with E-state index < -0.39 is 0 Å². The van der Waals surface area contributed by atoms with Gasteiger partial charge >= 0.3 is 0 Å². The monoisotopic (exact) mass is 443 g/mol. The van der Waals surface area contributed by atoms with Gasteiger partial charge in [0.15, 0.2) is 0 Å². The van der Waals surface area contributed by atoms with Crippen molar-refractivity contribution in [3.05, 3.63) is 40.4 Å². The van der Waals surface area contributed by atoms with Crippen molar-refractivity contribution in [3.63, 3.8) is 0 Å². The first-order valence-corrected chi connectivity index (χ1v) is 12.3. The third-order valence-corrected chi connectivity index (χ3v) is 7.36. The Labute approximate surface area is 190 Å². The third kappa shape index (κ3) is 4.54. The molecule has 31 heavy (non-hydrogen) atoms. The Morgan fingerprint density at radius 2 is 1.84 bits per heavy atom. The van der Waals surface area contributed by atoms with Gasteiger partial charge in [-0.2, -0.15) is 0 Å². The van der Waals surface area contributed by atoms with Crippen LogP contribution in [-0.4, -0.2) is 64.1 Å². The lowest BCUT2D eigenvalue weighted by atomic mass is 9.84. The van der Waals surface area contributed by atoms with Crippen molar-refractivity contribution in [1.29, 1.82) is 0 Å². The minimum atomic E-state index is 0.340. The highest BCUT2D eigenvalue weighted by Crippen LogP contribution is 2.37. The Morgan fingerprint density at radius 1 is 1.06 bits per heavy atom. The van der Waals surface area contributed by atoms with Crippen LogP contribution in [0.2, 0.25) is 5.02 Å². The SMILES string of the molecule is CC(C)NC1Cc2cc(Cl)ccc2-n2c(nnc2[C@H]2CC[C@H](N3CCOCC3)CC2)C1. The molecule has 2 fully saturated rings. The van der Waals surface area contributed by atoms with Crippen LogP contribution in [0.5, 0.6) is 0 Å². The van der Waals surface area contributed by atoms with E-state index in [4.69, 9.17) is 26.5 Å². The maximum Gasteiger partial charge on any atom is 0.140 e. The highest BCUT2D eigenvalue weighted by atomic mass is 35.5. The van der Waals surface area contributed by atoms with Crippen molar-refractivity contribution in [2.24, 2.45) is 0 Å². The summed E-state index contributed by atoms with van der Waals surface area (Å²) < 4.78 is 7.90. The number of morpholine rings is 1. The average molecular weight is 444 g/mol. The van der Waals surface area contributed by atoms with E-state index in [1.165, 1.54) is 36.9 Å². The second kappa shape index (κ2) is 9.18. The molecule has 1 atom stereocenters. The maximum atomic E-state index is 6.39. The Kier molecular flexibility index (Phi) is 6.33. The minimum absolute atomic E-state index is 0.340. The molecule has 5 rings (SSSR count). The van der Waals surface area contributed by atoms with E-state index in [1.54, 1.807) is 0 Å². The lowest BCUT2D eigenvalue weighted by Crippen LogP contribution is -2.44. The van der Waals surface area contributed by atoms with E-state index in [0.717, 1.165) is 55.8 Å². The van der Waals surface area contributed by atoms with Gasteiger partial charge in [0.1, 0.15) is 11.6 Å². The number of rotatable bonds is 4. The second-order valence-electron chi connectivity index (χ2n) is 9.66. The molecule has 0 amide bonds. The van der Waals surface area contributed by atoms with Crippen LogP contribution in [-0.2, 0) is 17.6 Å². The van der Waals surface area contributed by atoms with Crippen molar-refractivity contribution in [2.75, 3.05) is 26.3 Å².